The van der Waals surface area contributed by atoms with Gasteiger partial charge in [-0.15, -0.1) is 0 Å². The highest BCUT2D eigenvalue weighted by Gasteiger charge is 2.32. The van der Waals surface area contributed by atoms with Crippen molar-refractivity contribution in [3.63, 3.8) is 0 Å². The van der Waals surface area contributed by atoms with E-state index in [9.17, 15) is 13.2 Å². The standard InChI is InChI=1S/C19H19Cl3N2O4S/c1-28-18-5-3-14(11-16(18)22)29(26,27)24-8-6-12(7-9-24)19(25)23-17-4-2-13(20)10-15(17)21/h2-5,10-12H,6-9H2,1H3,(H,23,25). The molecule has 1 heterocycles. The number of nitrogens with one attached hydrogen (secondary N) is 1. The SMILES string of the molecule is COc1ccc(S(=O)(=O)N2CCC(C(=O)Nc3ccc(Cl)cc3Cl)CC2)cc1Cl. The summed E-state index contributed by atoms with van der Waals surface area (Å²) in [5.74, 6) is -0.103. The van der Waals surface area contributed by atoms with Gasteiger partial charge in [0.2, 0.25) is 15.9 Å². The molecule has 10 heteroatoms. The van der Waals surface area contributed by atoms with E-state index in [0.717, 1.165) is 0 Å². The van der Waals surface area contributed by atoms with Crippen LogP contribution in [-0.2, 0) is 14.8 Å². The lowest BCUT2D eigenvalue weighted by atomic mass is 9.97. The van der Waals surface area contributed by atoms with Crippen LogP contribution in [0.25, 0.3) is 0 Å². The first kappa shape index (κ1) is 22.2. The van der Waals surface area contributed by atoms with Gasteiger partial charge in [-0.1, -0.05) is 34.8 Å². The number of benzene rings is 2. The van der Waals surface area contributed by atoms with E-state index in [2.05, 4.69) is 5.32 Å². The highest BCUT2D eigenvalue weighted by molar-refractivity contribution is 7.89. The second-order valence-corrected chi connectivity index (χ2v) is 9.78. The van der Waals surface area contributed by atoms with Gasteiger partial charge in [0.15, 0.2) is 0 Å². The maximum absolute atomic E-state index is 12.9. The van der Waals surface area contributed by atoms with Gasteiger partial charge in [-0.3, -0.25) is 4.79 Å². The van der Waals surface area contributed by atoms with Gasteiger partial charge in [0.05, 0.1) is 27.7 Å². The number of piperidine rings is 1. The Morgan fingerprint density at radius 2 is 1.76 bits per heavy atom. The summed E-state index contributed by atoms with van der Waals surface area (Å²) in [5.41, 5.74) is 0.476. The number of amides is 1. The van der Waals surface area contributed by atoms with Crippen LogP contribution < -0.4 is 10.1 Å². The monoisotopic (exact) mass is 476 g/mol. The highest BCUT2D eigenvalue weighted by atomic mass is 35.5. The van der Waals surface area contributed by atoms with Crippen molar-refractivity contribution in [2.75, 3.05) is 25.5 Å². The van der Waals surface area contributed by atoms with Gasteiger partial charge in [0.25, 0.3) is 0 Å². The van der Waals surface area contributed by atoms with Gasteiger partial charge >= 0.3 is 0 Å². The van der Waals surface area contributed by atoms with Crippen molar-refractivity contribution >= 4 is 56.4 Å². The second-order valence-electron chi connectivity index (χ2n) is 6.59. The van der Waals surface area contributed by atoms with Crippen LogP contribution in [0.4, 0.5) is 5.69 Å². The molecule has 0 saturated carbocycles. The van der Waals surface area contributed by atoms with Crippen molar-refractivity contribution in [2.24, 2.45) is 5.92 Å². The van der Waals surface area contributed by atoms with E-state index in [-0.39, 0.29) is 34.8 Å². The number of hydrogen-bond donors (Lipinski definition) is 1. The smallest absolute Gasteiger partial charge is 0.243 e. The number of ether oxygens (including phenoxy) is 1. The summed E-state index contributed by atoms with van der Waals surface area (Å²) in [7, 11) is -2.24. The number of halogens is 3. The molecule has 1 aliphatic rings. The van der Waals surface area contributed by atoms with Crippen molar-refractivity contribution in [1.82, 2.24) is 4.31 Å². The van der Waals surface area contributed by atoms with Crippen LogP contribution in [0.3, 0.4) is 0 Å². The summed E-state index contributed by atoms with van der Waals surface area (Å²) in [6, 6.07) is 9.17. The zero-order chi connectivity index (χ0) is 21.2. The summed E-state index contributed by atoms with van der Waals surface area (Å²) < 4.78 is 32.2. The summed E-state index contributed by atoms with van der Waals surface area (Å²) in [5, 5.41) is 3.83. The van der Waals surface area contributed by atoms with Gasteiger partial charge in [-0.2, -0.15) is 4.31 Å². The molecule has 0 radical (unpaired) electrons. The predicted molar refractivity (Wildman–Crippen MR) is 115 cm³/mol. The average Bonchev–Trinajstić information content (AvgIpc) is 2.70. The van der Waals surface area contributed by atoms with Crippen molar-refractivity contribution in [3.8, 4) is 5.75 Å². The third kappa shape index (κ3) is 4.98. The molecule has 156 valence electrons. The molecule has 6 nitrogen and oxygen atoms in total. The van der Waals surface area contributed by atoms with Gasteiger partial charge in [-0.05, 0) is 49.2 Å². The Morgan fingerprint density at radius 3 is 2.34 bits per heavy atom. The number of nitrogens with zero attached hydrogens (tertiary/aromatic N) is 1. The molecule has 3 rings (SSSR count). The quantitative estimate of drug-likeness (QED) is 0.677. The zero-order valence-corrected chi connectivity index (χ0v) is 18.6. The minimum Gasteiger partial charge on any atom is -0.495 e. The topological polar surface area (TPSA) is 75.7 Å². The molecule has 2 aromatic rings. The zero-order valence-electron chi connectivity index (χ0n) is 15.5. The summed E-state index contributed by atoms with van der Waals surface area (Å²) >= 11 is 18.0. The minimum absolute atomic E-state index is 0.0964. The first-order valence-electron chi connectivity index (χ1n) is 8.82. The van der Waals surface area contributed by atoms with E-state index >= 15 is 0 Å². The Morgan fingerprint density at radius 1 is 1.07 bits per heavy atom. The fraction of sp³-hybridized carbons (Fsp3) is 0.316. The van der Waals surface area contributed by atoms with E-state index < -0.39 is 10.0 Å². The van der Waals surface area contributed by atoms with E-state index in [0.29, 0.717) is 34.3 Å². The van der Waals surface area contributed by atoms with Crippen LogP contribution in [0.5, 0.6) is 5.75 Å². The summed E-state index contributed by atoms with van der Waals surface area (Å²) in [6.45, 7) is 0.469. The summed E-state index contributed by atoms with van der Waals surface area (Å²) in [4.78, 5) is 12.6. The lowest BCUT2D eigenvalue weighted by Crippen LogP contribution is -2.41. The van der Waals surface area contributed by atoms with Crippen LogP contribution in [0, 0.1) is 5.92 Å². The number of hydrogen-bond acceptors (Lipinski definition) is 4. The van der Waals surface area contributed by atoms with Gasteiger partial charge < -0.3 is 10.1 Å². The molecule has 0 bridgehead atoms. The molecule has 0 spiro atoms. The molecule has 1 fully saturated rings. The van der Waals surface area contributed by atoms with Crippen molar-refractivity contribution in [3.05, 3.63) is 51.5 Å². The first-order chi connectivity index (χ1) is 13.7. The molecule has 29 heavy (non-hydrogen) atoms. The molecule has 1 N–H and O–H groups in total. The van der Waals surface area contributed by atoms with Crippen molar-refractivity contribution in [2.45, 2.75) is 17.7 Å². The first-order valence-corrected chi connectivity index (χ1v) is 11.4. The van der Waals surface area contributed by atoms with E-state index in [1.165, 1.54) is 29.6 Å². The Bertz CT molecular complexity index is 1020. The molecule has 0 atom stereocenters. The van der Waals surface area contributed by atoms with Crippen LogP contribution in [0.2, 0.25) is 15.1 Å². The Labute approximate surface area is 184 Å². The number of anilines is 1. The second kappa shape index (κ2) is 9.10. The molecular weight excluding hydrogens is 459 g/mol. The number of methoxy groups -OCH3 is 1. The van der Waals surface area contributed by atoms with E-state index in [1.807, 2.05) is 0 Å². The molecule has 0 unspecified atom stereocenters. The summed E-state index contributed by atoms with van der Waals surface area (Å²) in [6.07, 6.45) is 0.806. The lowest BCUT2D eigenvalue weighted by molar-refractivity contribution is -0.120. The Balaban J connectivity index is 1.65. The number of carbonyl (C=O) groups is 1. The number of sulfonamides is 1. The third-order valence-electron chi connectivity index (χ3n) is 4.77. The number of rotatable bonds is 5. The van der Waals surface area contributed by atoms with Crippen molar-refractivity contribution < 1.29 is 17.9 Å². The molecule has 1 amide bonds. The van der Waals surface area contributed by atoms with Gasteiger partial charge in [0.1, 0.15) is 5.75 Å². The van der Waals surface area contributed by atoms with Gasteiger partial charge in [-0.25, -0.2) is 8.42 Å². The normalized spacial score (nSPS) is 15.9. The maximum atomic E-state index is 12.9. The average molecular weight is 478 g/mol. The van der Waals surface area contributed by atoms with Crippen LogP contribution in [0.15, 0.2) is 41.3 Å². The molecule has 0 aliphatic carbocycles. The molecule has 2 aromatic carbocycles. The fourth-order valence-electron chi connectivity index (χ4n) is 3.14. The molecular formula is C19H19Cl3N2O4S. The Hall–Kier alpha value is -1.51. The highest BCUT2D eigenvalue weighted by Crippen LogP contribution is 2.31. The number of carbonyl (C=O) groups excluding carboxylic acids is 1. The van der Waals surface area contributed by atoms with Crippen LogP contribution >= 0.6 is 34.8 Å². The predicted octanol–water partition coefficient (Wildman–Crippen LogP) is 4.69. The van der Waals surface area contributed by atoms with E-state index in [4.69, 9.17) is 39.5 Å². The molecule has 0 aromatic heterocycles. The minimum atomic E-state index is -3.70. The van der Waals surface area contributed by atoms with Crippen LogP contribution in [0.1, 0.15) is 12.8 Å². The molecule has 1 saturated heterocycles. The largest absolute Gasteiger partial charge is 0.495 e. The fourth-order valence-corrected chi connectivity index (χ4v) is 5.42. The lowest BCUT2D eigenvalue weighted by Gasteiger charge is -2.30. The third-order valence-corrected chi connectivity index (χ3v) is 7.51. The van der Waals surface area contributed by atoms with E-state index in [1.54, 1.807) is 18.2 Å². The van der Waals surface area contributed by atoms with Crippen LogP contribution in [-0.4, -0.2) is 38.8 Å². The maximum Gasteiger partial charge on any atom is 0.243 e. The van der Waals surface area contributed by atoms with Gasteiger partial charge in [0, 0.05) is 24.0 Å². The molecule has 1 aliphatic heterocycles. The Kier molecular flexibility index (Phi) is 6.96. The van der Waals surface area contributed by atoms with Crippen molar-refractivity contribution in [1.29, 1.82) is 0 Å².